The van der Waals surface area contributed by atoms with E-state index in [1.165, 1.54) is 0 Å². The summed E-state index contributed by atoms with van der Waals surface area (Å²) in [5.74, 6) is -22.6. The van der Waals surface area contributed by atoms with Gasteiger partial charge in [0.1, 0.15) is 11.4 Å². The molecule has 0 spiro atoms. The molecule has 0 fully saturated rings. The standard InChI is InChI=1S/C9H2ClF15/c10-2(1-11)4(13,14)8(21,22)7(20,9(23,24)25)5(15,16)3(12)6(17,18)19/h1,3H. The van der Waals surface area contributed by atoms with Crippen LogP contribution in [0.15, 0.2) is 11.4 Å². The molecule has 0 heterocycles. The van der Waals surface area contributed by atoms with Crippen LogP contribution in [0.5, 0.6) is 0 Å². The Morgan fingerprint density at radius 2 is 1.12 bits per heavy atom. The van der Waals surface area contributed by atoms with Gasteiger partial charge in [-0.2, -0.15) is 52.7 Å². The van der Waals surface area contributed by atoms with E-state index >= 15 is 0 Å². The summed E-state index contributed by atoms with van der Waals surface area (Å²) in [6.45, 7) is 0. The van der Waals surface area contributed by atoms with Gasteiger partial charge in [0.05, 0.1) is 0 Å². The average molecular weight is 431 g/mol. The van der Waals surface area contributed by atoms with Crippen LogP contribution in [0.25, 0.3) is 0 Å². The van der Waals surface area contributed by atoms with Crippen LogP contribution in [0.3, 0.4) is 0 Å². The molecule has 0 radical (unpaired) electrons. The van der Waals surface area contributed by atoms with Crippen molar-refractivity contribution in [3.8, 4) is 0 Å². The zero-order valence-electron chi connectivity index (χ0n) is 10.7. The first-order valence-corrected chi connectivity index (χ1v) is 5.58. The van der Waals surface area contributed by atoms with Crippen molar-refractivity contribution in [3.63, 3.8) is 0 Å². The Hall–Kier alpha value is -1.02. The summed E-state index contributed by atoms with van der Waals surface area (Å²) in [4.78, 5) is 0. The van der Waals surface area contributed by atoms with Gasteiger partial charge in [0.15, 0.2) is 0 Å². The van der Waals surface area contributed by atoms with Crippen molar-refractivity contribution >= 4 is 11.6 Å². The highest BCUT2D eigenvalue weighted by molar-refractivity contribution is 6.30. The molecule has 0 aromatic heterocycles. The van der Waals surface area contributed by atoms with Crippen molar-refractivity contribution in [1.29, 1.82) is 0 Å². The van der Waals surface area contributed by atoms with E-state index in [4.69, 9.17) is 0 Å². The van der Waals surface area contributed by atoms with Crippen LogP contribution in [0.4, 0.5) is 65.9 Å². The summed E-state index contributed by atoms with van der Waals surface area (Å²) in [6.07, 6.45) is -23.0. The van der Waals surface area contributed by atoms with E-state index in [0.717, 1.165) is 0 Å². The lowest BCUT2D eigenvalue weighted by atomic mass is 9.83. The highest BCUT2D eigenvalue weighted by atomic mass is 35.5. The second-order valence-corrected chi connectivity index (χ2v) is 4.70. The van der Waals surface area contributed by atoms with E-state index in [1.807, 2.05) is 0 Å². The van der Waals surface area contributed by atoms with E-state index in [0.29, 0.717) is 0 Å². The summed E-state index contributed by atoms with van der Waals surface area (Å²) >= 11 is 4.08. The fourth-order valence-corrected chi connectivity index (χ4v) is 1.51. The number of alkyl halides is 14. The topological polar surface area (TPSA) is 0 Å². The Labute approximate surface area is 132 Å². The van der Waals surface area contributed by atoms with E-state index < -0.39 is 53.3 Å². The molecule has 0 N–H and O–H groups in total. The summed E-state index contributed by atoms with van der Waals surface area (Å²) < 4.78 is 189. The summed E-state index contributed by atoms with van der Waals surface area (Å²) in [5, 5.41) is -3.26. The van der Waals surface area contributed by atoms with Crippen LogP contribution in [-0.2, 0) is 0 Å². The average Bonchev–Trinajstić information content (AvgIpc) is 2.41. The van der Waals surface area contributed by atoms with E-state index in [9.17, 15) is 65.9 Å². The second-order valence-electron chi connectivity index (χ2n) is 4.29. The van der Waals surface area contributed by atoms with Gasteiger partial charge < -0.3 is 0 Å². The molecule has 0 aliphatic carbocycles. The van der Waals surface area contributed by atoms with Gasteiger partial charge in [0, 0.05) is 0 Å². The van der Waals surface area contributed by atoms with Gasteiger partial charge in [-0.05, 0) is 0 Å². The largest absolute Gasteiger partial charge is 0.435 e. The van der Waals surface area contributed by atoms with Crippen molar-refractivity contribution in [2.45, 2.75) is 42.0 Å². The van der Waals surface area contributed by atoms with E-state index in [-0.39, 0.29) is 0 Å². The van der Waals surface area contributed by atoms with Crippen LogP contribution in [0.1, 0.15) is 0 Å². The van der Waals surface area contributed by atoms with E-state index in [1.54, 1.807) is 0 Å². The first kappa shape index (κ1) is 24.0. The Kier molecular flexibility index (Phi) is 6.04. The first-order chi connectivity index (χ1) is 10.6. The molecule has 0 aliphatic heterocycles. The maximum absolute atomic E-state index is 13.6. The molecular weight excluding hydrogens is 429 g/mol. The molecule has 0 aromatic carbocycles. The number of rotatable bonds is 5. The zero-order valence-corrected chi connectivity index (χ0v) is 11.5. The molecule has 0 saturated heterocycles. The molecule has 25 heavy (non-hydrogen) atoms. The van der Waals surface area contributed by atoms with Gasteiger partial charge in [-0.1, -0.05) is 11.6 Å². The third-order valence-corrected chi connectivity index (χ3v) is 3.00. The van der Waals surface area contributed by atoms with Gasteiger partial charge >= 0.3 is 35.8 Å². The van der Waals surface area contributed by atoms with Gasteiger partial charge in [0.2, 0.25) is 0 Å². The van der Waals surface area contributed by atoms with Crippen LogP contribution in [-0.4, -0.2) is 42.0 Å². The van der Waals surface area contributed by atoms with Crippen LogP contribution >= 0.6 is 11.6 Å². The zero-order chi connectivity index (χ0) is 20.9. The lowest BCUT2D eigenvalue weighted by Crippen LogP contribution is -2.74. The van der Waals surface area contributed by atoms with Crippen molar-refractivity contribution < 1.29 is 65.9 Å². The normalized spacial score (nSPS) is 19.6. The number of allylic oxidation sites excluding steroid dienone is 1. The monoisotopic (exact) mass is 430 g/mol. The summed E-state index contributed by atoms with van der Waals surface area (Å²) in [6, 6.07) is 0. The molecule has 2 unspecified atom stereocenters. The Morgan fingerprint density at radius 3 is 1.36 bits per heavy atom. The molecule has 0 rings (SSSR count). The maximum Gasteiger partial charge on any atom is 0.435 e. The minimum atomic E-state index is -8.13. The molecule has 2 atom stereocenters. The van der Waals surface area contributed by atoms with Gasteiger partial charge in [-0.15, -0.1) is 0 Å². The second kappa shape index (κ2) is 6.30. The Balaban J connectivity index is 6.84. The minimum absolute atomic E-state index is 1.75. The van der Waals surface area contributed by atoms with Crippen molar-refractivity contribution in [2.75, 3.05) is 0 Å². The number of halogens is 16. The first-order valence-electron chi connectivity index (χ1n) is 5.20. The van der Waals surface area contributed by atoms with Crippen LogP contribution in [0.2, 0.25) is 0 Å². The molecule has 0 amide bonds. The number of hydrogen-bond donors (Lipinski definition) is 0. The lowest BCUT2D eigenvalue weighted by Gasteiger charge is -2.43. The van der Waals surface area contributed by atoms with Crippen molar-refractivity contribution in [1.82, 2.24) is 0 Å². The lowest BCUT2D eigenvalue weighted by molar-refractivity contribution is -0.416. The molecule has 16 heteroatoms. The third-order valence-electron chi connectivity index (χ3n) is 2.68. The highest BCUT2D eigenvalue weighted by Gasteiger charge is 2.92. The fourth-order valence-electron chi connectivity index (χ4n) is 1.39. The Bertz CT molecular complexity index is 514. The smallest absolute Gasteiger partial charge is 0.231 e. The predicted molar refractivity (Wildman–Crippen MR) is 50.7 cm³/mol. The maximum atomic E-state index is 13.6. The summed E-state index contributed by atoms with van der Waals surface area (Å²) in [7, 11) is 0. The van der Waals surface area contributed by atoms with Crippen LogP contribution < -0.4 is 0 Å². The van der Waals surface area contributed by atoms with Crippen LogP contribution in [0, 0.1) is 0 Å². The van der Waals surface area contributed by atoms with Gasteiger partial charge in [-0.3, -0.25) is 0 Å². The van der Waals surface area contributed by atoms with Gasteiger partial charge in [0.25, 0.3) is 6.17 Å². The fraction of sp³-hybridized carbons (Fsp3) is 0.778. The Morgan fingerprint density at radius 1 is 0.760 bits per heavy atom. The van der Waals surface area contributed by atoms with E-state index in [2.05, 4.69) is 11.6 Å². The molecule has 0 aromatic rings. The molecule has 150 valence electrons. The molecule has 0 saturated carbocycles. The van der Waals surface area contributed by atoms with Crippen molar-refractivity contribution in [3.05, 3.63) is 11.4 Å². The quantitative estimate of drug-likeness (QED) is 0.462. The van der Waals surface area contributed by atoms with Crippen molar-refractivity contribution in [2.24, 2.45) is 0 Å². The predicted octanol–water partition coefficient (Wildman–Crippen LogP) is 6.11. The third kappa shape index (κ3) is 3.35. The SMILES string of the molecule is FC=C(Cl)C(F)(F)C(F)(F)C(F)(C(F)(F)F)C(F)(F)C(F)C(F)(F)F. The number of hydrogen-bond acceptors (Lipinski definition) is 0. The van der Waals surface area contributed by atoms with Gasteiger partial charge in [-0.25, -0.2) is 13.2 Å². The highest BCUT2D eigenvalue weighted by Crippen LogP contribution is 2.62. The molecule has 0 bridgehead atoms. The summed E-state index contributed by atoms with van der Waals surface area (Å²) in [5.41, 5.74) is -8.13. The molecule has 0 aliphatic rings. The molecule has 0 nitrogen and oxygen atoms in total. The molecular formula is C9H2ClF15. The minimum Gasteiger partial charge on any atom is -0.231 e.